The molecular formula is C15H21N3O2. The van der Waals surface area contributed by atoms with Gasteiger partial charge < -0.3 is 16.3 Å². The van der Waals surface area contributed by atoms with Crippen LogP contribution in [0, 0.1) is 6.92 Å². The van der Waals surface area contributed by atoms with Gasteiger partial charge in [-0.2, -0.15) is 0 Å². The van der Waals surface area contributed by atoms with Crippen LogP contribution >= 0.6 is 0 Å². The molecule has 0 aromatic heterocycles. The summed E-state index contributed by atoms with van der Waals surface area (Å²) in [5.41, 5.74) is 7.19. The Morgan fingerprint density at radius 3 is 2.75 bits per heavy atom. The van der Waals surface area contributed by atoms with E-state index in [0.29, 0.717) is 6.42 Å². The number of rotatable bonds is 4. The third-order valence-corrected chi connectivity index (χ3v) is 3.88. The van der Waals surface area contributed by atoms with Gasteiger partial charge in [0.1, 0.15) is 5.54 Å². The standard InChI is InChI=1S/C15H21N3O2/c1-11-5-4-6-12(9-11)10-13(19)17-15(14(16)18-20)7-2-3-8-15/h4-6,9,20H,2-3,7-8,10H2,1H3,(H2,16,18)(H,17,19). The Bertz CT molecular complexity index is 520. The molecule has 1 saturated carbocycles. The second-order valence-electron chi connectivity index (χ2n) is 5.49. The molecule has 20 heavy (non-hydrogen) atoms. The Morgan fingerprint density at radius 2 is 2.15 bits per heavy atom. The van der Waals surface area contributed by atoms with Crippen molar-refractivity contribution in [3.8, 4) is 0 Å². The number of aryl methyl sites for hydroxylation is 1. The quantitative estimate of drug-likeness (QED) is 0.338. The van der Waals surface area contributed by atoms with Gasteiger partial charge >= 0.3 is 0 Å². The van der Waals surface area contributed by atoms with E-state index >= 15 is 0 Å². The molecule has 4 N–H and O–H groups in total. The molecule has 1 aliphatic carbocycles. The SMILES string of the molecule is Cc1cccc(CC(=O)NC2(C(N)=NO)CCCC2)c1. The number of nitrogens with one attached hydrogen (secondary N) is 1. The minimum Gasteiger partial charge on any atom is -0.409 e. The van der Waals surface area contributed by atoms with E-state index in [1.807, 2.05) is 31.2 Å². The Hall–Kier alpha value is -2.04. The zero-order chi connectivity index (χ0) is 14.6. The molecule has 1 aromatic carbocycles. The molecule has 0 saturated heterocycles. The van der Waals surface area contributed by atoms with Gasteiger partial charge in [-0.25, -0.2) is 0 Å². The van der Waals surface area contributed by atoms with Crippen molar-refractivity contribution in [1.82, 2.24) is 5.32 Å². The maximum atomic E-state index is 12.2. The van der Waals surface area contributed by atoms with Gasteiger partial charge in [-0.05, 0) is 25.3 Å². The Labute approximate surface area is 118 Å². The molecule has 1 fully saturated rings. The van der Waals surface area contributed by atoms with Crippen LogP contribution in [0.2, 0.25) is 0 Å². The van der Waals surface area contributed by atoms with Crippen LogP contribution in [-0.4, -0.2) is 22.5 Å². The van der Waals surface area contributed by atoms with Gasteiger partial charge in [0.2, 0.25) is 5.91 Å². The smallest absolute Gasteiger partial charge is 0.225 e. The highest BCUT2D eigenvalue weighted by Gasteiger charge is 2.39. The van der Waals surface area contributed by atoms with Crippen LogP contribution < -0.4 is 11.1 Å². The maximum Gasteiger partial charge on any atom is 0.225 e. The lowest BCUT2D eigenvalue weighted by molar-refractivity contribution is -0.121. The van der Waals surface area contributed by atoms with E-state index < -0.39 is 5.54 Å². The predicted octanol–water partition coefficient (Wildman–Crippen LogP) is 1.71. The molecule has 0 aliphatic heterocycles. The number of amidine groups is 1. The van der Waals surface area contributed by atoms with Gasteiger partial charge in [-0.1, -0.05) is 47.8 Å². The summed E-state index contributed by atoms with van der Waals surface area (Å²) >= 11 is 0. The monoisotopic (exact) mass is 275 g/mol. The van der Waals surface area contributed by atoms with E-state index in [0.717, 1.165) is 36.8 Å². The summed E-state index contributed by atoms with van der Waals surface area (Å²) in [6.07, 6.45) is 3.70. The lowest BCUT2D eigenvalue weighted by atomic mass is 9.95. The molecule has 0 heterocycles. The normalized spacial score (nSPS) is 17.9. The van der Waals surface area contributed by atoms with Crippen LogP contribution in [0.1, 0.15) is 36.8 Å². The van der Waals surface area contributed by atoms with Crippen molar-refractivity contribution in [2.24, 2.45) is 10.9 Å². The van der Waals surface area contributed by atoms with Crippen LogP contribution in [0.4, 0.5) is 0 Å². The zero-order valence-corrected chi connectivity index (χ0v) is 11.7. The van der Waals surface area contributed by atoms with E-state index in [1.165, 1.54) is 0 Å². The lowest BCUT2D eigenvalue weighted by Gasteiger charge is -2.28. The summed E-state index contributed by atoms with van der Waals surface area (Å²) in [4.78, 5) is 12.2. The molecule has 1 amide bonds. The predicted molar refractivity (Wildman–Crippen MR) is 77.6 cm³/mol. The topological polar surface area (TPSA) is 87.7 Å². The second kappa shape index (κ2) is 5.94. The molecular weight excluding hydrogens is 254 g/mol. The van der Waals surface area contributed by atoms with Gasteiger partial charge in [0.25, 0.3) is 0 Å². The minimum atomic E-state index is -0.671. The van der Waals surface area contributed by atoms with Gasteiger partial charge in [-0.3, -0.25) is 4.79 Å². The maximum absolute atomic E-state index is 12.2. The van der Waals surface area contributed by atoms with Crippen molar-refractivity contribution < 1.29 is 10.0 Å². The number of hydrogen-bond donors (Lipinski definition) is 3. The number of amides is 1. The van der Waals surface area contributed by atoms with Crippen molar-refractivity contribution in [1.29, 1.82) is 0 Å². The van der Waals surface area contributed by atoms with E-state index in [9.17, 15) is 4.79 Å². The Morgan fingerprint density at radius 1 is 1.45 bits per heavy atom. The van der Waals surface area contributed by atoms with Crippen molar-refractivity contribution in [2.45, 2.75) is 44.6 Å². The average molecular weight is 275 g/mol. The molecule has 5 heteroatoms. The summed E-state index contributed by atoms with van der Waals surface area (Å²) in [6.45, 7) is 2.00. The summed E-state index contributed by atoms with van der Waals surface area (Å²) < 4.78 is 0. The Balaban J connectivity index is 2.06. The van der Waals surface area contributed by atoms with Crippen LogP contribution in [0.15, 0.2) is 29.4 Å². The fraction of sp³-hybridized carbons (Fsp3) is 0.467. The van der Waals surface area contributed by atoms with Crippen molar-refractivity contribution >= 4 is 11.7 Å². The first-order valence-electron chi connectivity index (χ1n) is 6.90. The summed E-state index contributed by atoms with van der Waals surface area (Å²) in [5.74, 6) is 0.0108. The van der Waals surface area contributed by atoms with Crippen LogP contribution in [0.5, 0.6) is 0 Å². The molecule has 0 spiro atoms. The fourth-order valence-electron chi connectivity index (χ4n) is 2.84. The van der Waals surface area contributed by atoms with Gasteiger partial charge in [0, 0.05) is 0 Å². The van der Waals surface area contributed by atoms with Crippen molar-refractivity contribution in [3.05, 3.63) is 35.4 Å². The fourth-order valence-corrected chi connectivity index (χ4v) is 2.84. The first kappa shape index (κ1) is 14.4. The van der Waals surface area contributed by atoms with E-state index in [-0.39, 0.29) is 11.7 Å². The van der Waals surface area contributed by atoms with Crippen LogP contribution in [-0.2, 0) is 11.2 Å². The molecule has 0 unspecified atom stereocenters. The van der Waals surface area contributed by atoms with Gasteiger partial charge in [0.15, 0.2) is 5.84 Å². The molecule has 1 aliphatic rings. The number of nitrogens with two attached hydrogens (primary N) is 1. The van der Waals surface area contributed by atoms with E-state index in [4.69, 9.17) is 10.9 Å². The van der Waals surface area contributed by atoms with Crippen LogP contribution in [0.25, 0.3) is 0 Å². The highest BCUT2D eigenvalue weighted by atomic mass is 16.4. The number of oxime groups is 1. The molecule has 0 bridgehead atoms. The number of carbonyl (C=O) groups is 1. The number of benzene rings is 1. The van der Waals surface area contributed by atoms with Gasteiger partial charge in [-0.15, -0.1) is 0 Å². The molecule has 0 radical (unpaired) electrons. The van der Waals surface area contributed by atoms with Gasteiger partial charge in [0.05, 0.1) is 6.42 Å². The highest BCUT2D eigenvalue weighted by Crippen LogP contribution is 2.30. The zero-order valence-electron chi connectivity index (χ0n) is 11.7. The number of hydrogen-bond acceptors (Lipinski definition) is 3. The summed E-state index contributed by atoms with van der Waals surface area (Å²) in [5, 5.41) is 15.0. The van der Waals surface area contributed by atoms with Crippen molar-refractivity contribution in [3.63, 3.8) is 0 Å². The summed E-state index contributed by atoms with van der Waals surface area (Å²) in [6, 6.07) is 7.85. The molecule has 5 nitrogen and oxygen atoms in total. The summed E-state index contributed by atoms with van der Waals surface area (Å²) in [7, 11) is 0. The second-order valence-corrected chi connectivity index (χ2v) is 5.49. The third kappa shape index (κ3) is 3.10. The first-order chi connectivity index (χ1) is 9.55. The molecule has 108 valence electrons. The van der Waals surface area contributed by atoms with Crippen LogP contribution in [0.3, 0.4) is 0 Å². The molecule has 0 atom stereocenters. The Kier molecular flexibility index (Phi) is 4.27. The largest absolute Gasteiger partial charge is 0.409 e. The average Bonchev–Trinajstić information content (AvgIpc) is 2.87. The van der Waals surface area contributed by atoms with Crippen molar-refractivity contribution in [2.75, 3.05) is 0 Å². The third-order valence-electron chi connectivity index (χ3n) is 3.88. The molecule has 2 rings (SSSR count). The number of carbonyl (C=O) groups excluding carboxylic acids is 1. The number of nitrogens with zero attached hydrogens (tertiary/aromatic N) is 1. The minimum absolute atomic E-state index is 0.0934. The lowest BCUT2D eigenvalue weighted by Crippen LogP contribution is -2.56. The van der Waals surface area contributed by atoms with E-state index in [2.05, 4.69) is 10.5 Å². The molecule has 1 aromatic rings. The first-order valence-corrected chi connectivity index (χ1v) is 6.90. The van der Waals surface area contributed by atoms with E-state index in [1.54, 1.807) is 0 Å². The highest BCUT2D eigenvalue weighted by molar-refractivity contribution is 5.94.